The number of fused-ring (bicyclic) bond motifs is 3. The van der Waals surface area contributed by atoms with Gasteiger partial charge in [0.25, 0.3) is 5.91 Å². The van der Waals surface area contributed by atoms with Gasteiger partial charge >= 0.3 is 0 Å². The van der Waals surface area contributed by atoms with E-state index in [-0.39, 0.29) is 25.0 Å². The van der Waals surface area contributed by atoms with E-state index in [0.717, 1.165) is 17.7 Å². The van der Waals surface area contributed by atoms with Crippen LogP contribution in [-0.4, -0.2) is 83.9 Å². The average molecular weight is 771 g/mol. The number of aryl methyl sites for hydroxylation is 1. The molecule has 3 aromatic carbocycles. The highest BCUT2D eigenvalue weighted by Crippen LogP contribution is 2.62. The van der Waals surface area contributed by atoms with Crippen molar-refractivity contribution >= 4 is 43.0 Å². The SMILES string of the molecule is CCOc1ccc2c(c1)CC(NCCCCO)C(=O)N2c1ccc2c(c1)[C@]1(O[C@@H](CCn3cc(CCO)nn3)[C@H]([Si](C)(C)F)[C@H]1C)C(=O)N2c1ccccc1. The smallest absolute Gasteiger partial charge is 0.268 e. The van der Waals surface area contributed by atoms with Crippen molar-refractivity contribution in [2.75, 3.05) is 36.2 Å². The van der Waals surface area contributed by atoms with Crippen molar-refractivity contribution in [3.8, 4) is 5.75 Å². The number of hydrogen-bond acceptors (Lipinski definition) is 9. The van der Waals surface area contributed by atoms with Gasteiger partial charge in [-0.25, -0.2) is 0 Å². The molecule has 12 nitrogen and oxygen atoms in total. The number of para-hydroxylation sites is 1. The predicted octanol–water partition coefficient (Wildman–Crippen LogP) is 5.71. The maximum atomic E-state index is 16.6. The summed E-state index contributed by atoms with van der Waals surface area (Å²) in [6.07, 6.45) is 3.76. The van der Waals surface area contributed by atoms with Crippen molar-refractivity contribution in [1.29, 1.82) is 0 Å². The third-order valence-corrected chi connectivity index (χ3v) is 13.7. The number of aliphatic hydroxyl groups excluding tert-OH is 2. The number of amides is 2. The van der Waals surface area contributed by atoms with Gasteiger partial charge in [0.15, 0.2) is 5.60 Å². The normalized spacial score (nSPS) is 23.5. The summed E-state index contributed by atoms with van der Waals surface area (Å²) >= 11 is 0. The van der Waals surface area contributed by atoms with Crippen LogP contribution in [0.15, 0.2) is 72.9 Å². The molecule has 0 saturated carbocycles. The number of nitrogens with zero attached hydrogens (tertiary/aromatic N) is 5. The predicted molar refractivity (Wildman–Crippen MR) is 210 cm³/mol. The molecule has 5 atom stereocenters. The summed E-state index contributed by atoms with van der Waals surface area (Å²) in [7, 11) is -3.46. The maximum Gasteiger partial charge on any atom is 0.268 e. The number of nitrogens with one attached hydrogen (secondary N) is 1. The number of ether oxygens (including phenoxy) is 2. The highest BCUT2D eigenvalue weighted by molar-refractivity contribution is 6.72. The maximum absolute atomic E-state index is 16.6. The average Bonchev–Trinajstić information content (AvgIpc) is 3.82. The minimum atomic E-state index is -3.46. The lowest BCUT2D eigenvalue weighted by atomic mass is 9.82. The van der Waals surface area contributed by atoms with Gasteiger partial charge in [0.05, 0.1) is 35.8 Å². The Balaban J connectivity index is 1.33. The van der Waals surface area contributed by atoms with Crippen LogP contribution in [0.5, 0.6) is 5.75 Å². The molecule has 1 aromatic heterocycles. The first-order chi connectivity index (χ1) is 26.5. The Bertz CT molecular complexity index is 2010. The zero-order valence-electron chi connectivity index (χ0n) is 32.0. The first kappa shape index (κ1) is 38.8. The molecule has 3 aliphatic heterocycles. The van der Waals surface area contributed by atoms with E-state index < -0.39 is 37.6 Å². The molecule has 0 aliphatic carbocycles. The summed E-state index contributed by atoms with van der Waals surface area (Å²) in [6, 6.07) is 20.2. The van der Waals surface area contributed by atoms with Crippen LogP contribution in [0.3, 0.4) is 0 Å². The zero-order valence-corrected chi connectivity index (χ0v) is 33.0. The number of unbranched alkanes of at least 4 members (excludes halogenated alkanes) is 1. The standard InChI is InChI=1S/C41H51FN6O6Si/c1-5-53-32-14-16-35-28(23-32)24-34(43-19-9-10-21-49)39(51)47(35)31-13-15-36-33(25-31)41(40(52)48(36)30-11-7-6-8-12-30)27(2)38(55(3,4)42)37(54-41)17-20-46-26-29(18-22-50)44-45-46/h6-8,11-16,23,25-27,34,37-38,43,49-50H,5,9-10,17-22,24H2,1-4H3/t27-,34?,37+,38-,41+/m1/s1. The van der Waals surface area contributed by atoms with Crippen LogP contribution in [0.4, 0.5) is 26.9 Å². The molecule has 4 heterocycles. The summed E-state index contributed by atoms with van der Waals surface area (Å²) in [5.74, 6) is -0.254. The van der Waals surface area contributed by atoms with Gasteiger partial charge in [0, 0.05) is 60.8 Å². The summed E-state index contributed by atoms with van der Waals surface area (Å²) in [6.45, 7) is 8.72. The third kappa shape index (κ3) is 7.21. The van der Waals surface area contributed by atoms with E-state index in [4.69, 9.17) is 9.47 Å². The highest BCUT2D eigenvalue weighted by atomic mass is 28.4. The minimum absolute atomic E-state index is 0.0414. The molecule has 14 heteroatoms. The van der Waals surface area contributed by atoms with Gasteiger partial charge in [-0.05, 0) is 106 Å². The Labute approximate surface area is 322 Å². The fourth-order valence-electron chi connectivity index (χ4n) is 8.86. The lowest BCUT2D eigenvalue weighted by molar-refractivity contribution is -0.145. The number of benzene rings is 3. The largest absolute Gasteiger partial charge is 0.494 e. The van der Waals surface area contributed by atoms with E-state index in [2.05, 4.69) is 15.6 Å². The second kappa shape index (κ2) is 15.9. The number of halogens is 1. The minimum Gasteiger partial charge on any atom is -0.494 e. The molecule has 2 amide bonds. The summed E-state index contributed by atoms with van der Waals surface area (Å²) in [5, 5.41) is 30.5. The first-order valence-corrected chi connectivity index (χ1v) is 22.3. The second-order valence-electron chi connectivity index (χ2n) is 15.2. The van der Waals surface area contributed by atoms with Crippen molar-refractivity contribution in [3.05, 3.63) is 89.7 Å². The number of carbonyl (C=O) groups excluding carboxylic acids is 2. The number of aromatic nitrogens is 3. The van der Waals surface area contributed by atoms with Gasteiger partial charge in [-0.3, -0.25) is 24.1 Å². The summed E-state index contributed by atoms with van der Waals surface area (Å²) < 4.78 is 31.2. The number of rotatable bonds is 15. The van der Waals surface area contributed by atoms with Gasteiger partial charge in [-0.1, -0.05) is 30.3 Å². The van der Waals surface area contributed by atoms with E-state index in [1.807, 2.05) is 80.6 Å². The topological polar surface area (TPSA) is 142 Å². The molecule has 1 spiro atoms. The Morgan fingerprint density at radius 3 is 2.51 bits per heavy atom. The molecule has 55 heavy (non-hydrogen) atoms. The fourth-order valence-corrected chi connectivity index (χ4v) is 11.4. The lowest BCUT2D eigenvalue weighted by Gasteiger charge is -2.36. The van der Waals surface area contributed by atoms with Gasteiger partial charge in [-0.15, -0.1) is 5.10 Å². The molecule has 1 fully saturated rings. The molecule has 0 radical (unpaired) electrons. The van der Waals surface area contributed by atoms with Gasteiger partial charge in [0.2, 0.25) is 14.3 Å². The molecule has 0 bridgehead atoms. The van der Waals surface area contributed by atoms with Crippen LogP contribution in [0.25, 0.3) is 0 Å². The van der Waals surface area contributed by atoms with E-state index in [9.17, 15) is 15.0 Å². The van der Waals surface area contributed by atoms with Crippen LogP contribution in [0, 0.1) is 5.92 Å². The Morgan fingerprint density at radius 1 is 1.00 bits per heavy atom. The van der Waals surface area contributed by atoms with Gasteiger partial charge in [0.1, 0.15) is 5.75 Å². The molecule has 1 saturated heterocycles. The van der Waals surface area contributed by atoms with Crippen LogP contribution in [0.2, 0.25) is 18.6 Å². The Morgan fingerprint density at radius 2 is 1.78 bits per heavy atom. The van der Waals surface area contributed by atoms with Crippen LogP contribution >= 0.6 is 0 Å². The molecule has 7 rings (SSSR count). The van der Waals surface area contributed by atoms with E-state index in [1.54, 1.807) is 33.8 Å². The van der Waals surface area contributed by atoms with Crippen molar-refractivity contribution in [2.24, 2.45) is 5.92 Å². The van der Waals surface area contributed by atoms with Crippen LogP contribution in [0.1, 0.15) is 49.9 Å². The number of aliphatic hydroxyl groups is 2. The number of anilines is 4. The van der Waals surface area contributed by atoms with E-state index in [1.165, 1.54) is 0 Å². The molecule has 3 N–H and O–H groups in total. The lowest BCUT2D eigenvalue weighted by Crippen LogP contribution is -2.49. The van der Waals surface area contributed by atoms with Crippen LogP contribution < -0.4 is 19.9 Å². The highest BCUT2D eigenvalue weighted by Gasteiger charge is 2.67. The summed E-state index contributed by atoms with van der Waals surface area (Å²) in [4.78, 5) is 33.0. The zero-order chi connectivity index (χ0) is 38.9. The molecule has 292 valence electrons. The quantitative estimate of drug-likeness (QED) is 0.0788. The third-order valence-electron chi connectivity index (χ3n) is 11.2. The number of carbonyl (C=O) groups is 2. The Kier molecular flexibility index (Phi) is 11.2. The van der Waals surface area contributed by atoms with E-state index in [0.29, 0.717) is 79.4 Å². The van der Waals surface area contributed by atoms with Crippen molar-refractivity contribution in [2.45, 2.75) is 88.9 Å². The monoisotopic (exact) mass is 770 g/mol. The van der Waals surface area contributed by atoms with Crippen molar-refractivity contribution < 1.29 is 33.4 Å². The Hall–Kier alpha value is -4.47. The van der Waals surface area contributed by atoms with Crippen LogP contribution in [-0.2, 0) is 39.3 Å². The molecular formula is C41H51FN6O6Si. The van der Waals surface area contributed by atoms with Crippen molar-refractivity contribution in [1.82, 2.24) is 20.3 Å². The molecular weight excluding hydrogens is 720 g/mol. The van der Waals surface area contributed by atoms with Gasteiger partial charge < -0.3 is 29.1 Å². The first-order valence-electron chi connectivity index (χ1n) is 19.4. The molecule has 3 aliphatic rings. The second-order valence-corrected chi connectivity index (χ2v) is 19.0. The fraction of sp³-hybridized carbons (Fsp3) is 0.463. The number of hydrogen-bond donors (Lipinski definition) is 3. The van der Waals surface area contributed by atoms with Gasteiger partial charge in [-0.2, -0.15) is 0 Å². The van der Waals surface area contributed by atoms with E-state index >= 15 is 8.90 Å². The van der Waals surface area contributed by atoms with Crippen molar-refractivity contribution in [3.63, 3.8) is 0 Å². The molecule has 1 unspecified atom stereocenters. The summed E-state index contributed by atoms with van der Waals surface area (Å²) in [5.41, 5.74) is 2.73. The molecule has 4 aromatic rings.